The Hall–Kier alpha value is -1.85. The average Bonchev–Trinajstić information content (AvgIpc) is 2.34. The molecule has 19 heavy (non-hydrogen) atoms. The lowest BCUT2D eigenvalue weighted by molar-refractivity contribution is 0.0910. The standard InChI is InChI=1S/C14H13N3OS/c1-14(2)6-11-10(12(18)7-14)5-9(8-16)13(17-11)19-4-3-15/h5H,4,6-7H2,1-2H3. The van der Waals surface area contributed by atoms with Crippen LogP contribution in [-0.2, 0) is 6.42 Å². The monoisotopic (exact) mass is 271 g/mol. The van der Waals surface area contributed by atoms with E-state index in [0.29, 0.717) is 22.6 Å². The molecule has 1 aliphatic rings. The van der Waals surface area contributed by atoms with E-state index in [1.54, 1.807) is 6.07 Å². The molecule has 0 N–H and O–H groups in total. The summed E-state index contributed by atoms with van der Waals surface area (Å²) < 4.78 is 0. The number of ketones is 1. The Kier molecular flexibility index (Phi) is 3.59. The summed E-state index contributed by atoms with van der Waals surface area (Å²) in [7, 11) is 0. The minimum atomic E-state index is -0.0948. The predicted molar refractivity (Wildman–Crippen MR) is 71.7 cm³/mol. The molecule has 0 aromatic carbocycles. The van der Waals surface area contributed by atoms with Gasteiger partial charge in [-0.2, -0.15) is 10.5 Å². The van der Waals surface area contributed by atoms with Crippen molar-refractivity contribution in [1.29, 1.82) is 10.5 Å². The lowest BCUT2D eigenvalue weighted by Crippen LogP contribution is -2.28. The molecule has 0 atom stereocenters. The van der Waals surface area contributed by atoms with Gasteiger partial charge in [0.2, 0.25) is 0 Å². The van der Waals surface area contributed by atoms with E-state index in [-0.39, 0.29) is 17.0 Å². The van der Waals surface area contributed by atoms with Gasteiger partial charge in [-0.3, -0.25) is 4.79 Å². The van der Waals surface area contributed by atoms with Crippen LogP contribution in [0, 0.1) is 28.1 Å². The van der Waals surface area contributed by atoms with Crippen molar-refractivity contribution in [2.45, 2.75) is 31.7 Å². The van der Waals surface area contributed by atoms with Crippen LogP contribution in [0.5, 0.6) is 0 Å². The fraction of sp³-hybridized carbons (Fsp3) is 0.429. The highest BCUT2D eigenvalue weighted by Gasteiger charge is 2.32. The quantitative estimate of drug-likeness (QED) is 0.773. The molecule has 4 nitrogen and oxygen atoms in total. The Bertz CT molecular complexity index is 623. The number of carbonyl (C=O) groups is 1. The Balaban J connectivity index is 2.49. The van der Waals surface area contributed by atoms with Crippen LogP contribution in [0.25, 0.3) is 0 Å². The molecular weight excluding hydrogens is 258 g/mol. The molecule has 0 radical (unpaired) electrons. The van der Waals surface area contributed by atoms with Crippen LogP contribution < -0.4 is 0 Å². The first kappa shape index (κ1) is 13.6. The Morgan fingerprint density at radius 2 is 2.16 bits per heavy atom. The fourth-order valence-electron chi connectivity index (χ4n) is 2.25. The molecule has 0 saturated heterocycles. The third-order valence-electron chi connectivity index (χ3n) is 3.05. The lowest BCUT2D eigenvalue weighted by atomic mass is 9.75. The Morgan fingerprint density at radius 1 is 1.42 bits per heavy atom. The third kappa shape index (κ3) is 2.77. The summed E-state index contributed by atoms with van der Waals surface area (Å²) in [6.45, 7) is 4.08. The minimum absolute atomic E-state index is 0.0482. The normalized spacial score (nSPS) is 16.3. The van der Waals surface area contributed by atoms with Crippen molar-refractivity contribution in [3.63, 3.8) is 0 Å². The van der Waals surface area contributed by atoms with Crippen LogP contribution in [0.3, 0.4) is 0 Å². The van der Waals surface area contributed by atoms with Gasteiger partial charge in [-0.25, -0.2) is 4.98 Å². The molecule has 2 rings (SSSR count). The molecule has 0 aliphatic heterocycles. The van der Waals surface area contributed by atoms with Crippen molar-refractivity contribution in [3.05, 3.63) is 22.9 Å². The van der Waals surface area contributed by atoms with E-state index >= 15 is 0 Å². The second-order valence-corrected chi connectivity index (χ2v) is 6.30. The lowest BCUT2D eigenvalue weighted by Gasteiger charge is -2.29. The maximum Gasteiger partial charge on any atom is 0.165 e. The third-order valence-corrected chi connectivity index (χ3v) is 3.90. The van der Waals surface area contributed by atoms with Crippen molar-refractivity contribution in [2.24, 2.45) is 5.41 Å². The zero-order valence-corrected chi connectivity index (χ0v) is 11.7. The number of Topliss-reactive ketones (excluding diaryl/α,β-unsaturated/α-hetero) is 1. The molecule has 0 bridgehead atoms. The van der Waals surface area contributed by atoms with Crippen LogP contribution in [0.1, 0.15) is 41.9 Å². The number of thioether (sulfide) groups is 1. The van der Waals surface area contributed by atoms with Crippen molar-refractivity contribution >= 4 is 17.5 Å². The number of pyridine rings is 1. The van der Waals surface area contributed by atoms with Gasteiger partial charge in [-0.1, -0.05) is 25.6 Å². The van der Waals surface area contributed by atoms with Gasteiger partial charge in [0.05, 0.1) is 23.1 Å². The molecule has 0 fully saturated rings. The molecule has 0 saturated carbocycles. The van der Waals surface area contributed by atoms with Gasteiger partial charge in [-0.15, -0.1) is 0 Å². The van der Waals surface area contributed by atoms with E-state index in [1.807, 2.05) is 19.9 Å². The fourth-order valence-corrected chi connectivity index (χ4v) is 2.88. The molecule has 1 aromatic rings. The summed E-state index contributed by atoms with van der Waals surface area (Å²) in [5.41, 5.74) is 1.60. The van der Waals surface area contributed by atoms with E-state index < -0.39 is 0 Å². The molecule has 96 valence electrons. The first-order valence-corrected chi connectivity index (χ1v) is 6.92. The first-order valence-electron chi connectivity index (χ1n) is 5.94. The van der Waals surface area contributed by atoms with Crippen molar-refractivity contribution in [1.82, 2.24) is 4.98 Å². The molecule has 1 aromatic heterocycles. The Labute approximate surface area is 116 Å². The zero-order chi connectivity index (χ0) is 14.0. The summed E-state index contributed by atoms with van der Waals surface area (Å²) in [5, 5.41) is 18.3. The molecule has 1 heterocycles. The zero-order valence-electron chi connectivity index (χ0n) is 10.9. The number of fused-ring (bicyclic) bond motifs is 1. The van der Waals surface area contributed by atoms with Gasteiger partial charge >= 0.3 is 0 Å². The van der Waals surface area contributed by atoms with Gasteiger partial charge in [0.15, 0.2) is 5.78 Å². The summed E-state index contributed by atoms with van der Waals surface area (Å²) in [6, 6.07) is 5.69. The number of rotatable bonds is 2. The molecule has 0 unspecified atom stereocenters. The van der Waals surface area contributed by atoms with E-state index in [0.717, 1.165) is 12.1 Å². The molecule has 1 aliphatic carbocycles. The number of hydrogen-bond donors (Lipinski definition) is 0. The maximum atomic E-state index is 12.1. The molecule has 5 heteroatoms. The van der Waals surface area contributed by atoms with E-state index in [2.05, 4.69) is 11.1 Å². The van der Waals surface area contributed by atoms with Gasteiger partial charge in [-0.05, 0) is 17.9 Å². The predicted octanol–water partition coefficient (Wildman–Crippen LogP) is 2.72. The van der Waals surface area contributed by atoms with Crippen LogP contribution in [0.15, 0.2) is 11.1 Å². The van der Waals surface area contributed by atoms with Crippen LogP contribution in [0.2, 0.25) is 0 Å². The SMILES string of the molecule is CC1(C)CC(=O)c2cc(C#N)c(SCC#N)nc2C1. The van der Waals surface area contributed by atoms with E-state index in [4.69, 9.17) is 10.5 Å². The number of nitrogens with zero attached hydrogens (tertiary/aromatic N) is 3. The second kappa shape index (κ2) is 5.03. The van der Waals surface area contributed by atoms with Gasteiger partial charge in [0.1, 0.15) is 11.1 Å². The van der Waals surface area contributed by atoms with Crippen LogP contribution in [-0.4, -0.2) is 16.5 Å². The summed E-state index contributed by atoms with van der Waals surface area (Å²) in [6.07, 6.45) is 1.21. The molecule has 0 spiro atoms. The highest BCUT2D eigenvalue weighted by molar-refractivity contribution is 7.99. The number of carbonyl (C=O) groups excluding carboxylic acids is 1. The average molecular weight is 271 g/mol. The number of nitriles is 2. The topological polar surface area (TPSA) is 77.5 Å². The largest absolute Gasteiger partial charge is 0.294 e. The Morgan fingerprint density at radius 3 is 2.79 bits per heavy atom. The van der Waals surface area contributed by atoms with E-state index in [1.165, 1.54) is 11.8 Å². The molecular formula is C14H13N3OS. The van der Waals surface area contributed by atoms with Gasteiger partial charge in [0, 0.05) is 12.0 Å². The highest BCUT2D eigenvalue weighted by atomic mass is 32.2. The number of hydrogen-bond acceptors (Lipinski definition) is 5. The van der Waals surface area contributed by atoms with Crippen molar-refractivity contribution < 1.29 is 4.79 Å². The summed E-state index contributed by atoms with van der Waals surface area (Å²) >= 11 is 1.24. The first-order chi connectivity index (χ1) is 8.96. The maximum absolute atomic E-state index is 12.1. The summed E-state index contributed by atoms with van der Waals surface area (Å²) in [5.74, 6) is 0.296. The van der Waals surface area contributed by atoms with Gasteiger partial charge < -0.3 is 0 Å². The van der Waals surface area contributed by atoms with Crippen LogP contribution >= 0.6 is 11.8 Å². The van der Waals surface area contributed by atoms with E-state index in [9.17, 15) is 4.79 Å². The summed E-state index contributed by atoms with van der Waals surface area (Å²) in [4.78, 5) is 16.5. The minimum Gasteiger partial charge on any atom is -0.294 e. The second-order valence-electron chi connectivity index (χ2n) is 5.33. The molecule has 0 amide bonds. The van der Waals surface area contributed by atoms with Gasteiger partial charge in [0.25, 0.3) is 0 Å². The van der Waals surface area contributed by atoms with Crippen molar-refractivity contribution in [3.8, 4) is 12.1 Å². The van der Waals surface area contributed by atoms with Crippen LogP contribution in [0.4, 0.5) is 0 Å². The smallest absolute Gasteiger partial charge is 0.165 e. The highest BCUT2D eigenvalue weighted by Crippen LogP contribution is 2.35. The number of aromatic nitrogens is 1. The van der Waals surface area contributed by atoms with Crippen molar-refractivity contribution in [2.75, 3.05) is 5.75 Å².